The topological polar surface area (TPSA) is 68.3 Å². The van der Waals surface area contributed by atoms with Crippen molar-refractivity contribution in [2.75, 3.05) is 44.5 Å². The maximum Gasteiger partial charge on any atom is 0.224 e. The summed E-state index contributed by atoms with van der Waals surface area (Å²) in [6.45, 7) is 2.06. The van der Waals surface area contributed by atoms with Gasteiger partial charge in [0.1, 0.15) is 11.4 Å². The van der Waals surface area contributed by atoms with E-state index in [1.54, 1.807) is 20.4 Å². The molecular weight excluding hydrogens is 220 g/mol. The normalized spacial score (nSPS) is 23.6. The van der Waals surface area contributed by atoms with Crippen LogP contribution in [-0.2, 0) is 9.47 Å². The van der Waals surface area contributed by atoms with Crippen LogP contribution in [0.4, 0.5) is 11.8 Å². The van der Waals surface area contributed by atoms with Crippen LogP contribution in [0.2, 0.25) is 0 Å². The second-order valence-electron chi connectivity index (χ2n) is 4.06. The van der Waals surface area contributed by atoms with Gasteiger partial charge in [-0.05, 0) is 6.07 Å². The highest BCUT2D eigenvalue weighted by molar-refractivity contribution is 5.39. The molecule has 1 aliphatic rings. The molecule has 0 amide bonds. The van der Waals surface area contributed by atoms with Gasteiger partial charge in [0.25, 0.3) is 0 Å². The Morgan fingerprint density at radius 2 is 2.47 bits per heavy atom. The van der Waals surface area contributed by atoms with Crippen molar-refractivity contribution >= 4 is 11.8 Å². The van der Waals surface area contributed by atoms with Gasteiger partial charge in [-0.25, -0.2) is 4.98 Å². The third-order valence-corrected chi connectivity index (χ3v) is 2.97. The number of hydrogen-bond donors (Lipinski definition) is 2. The molecule has 2 N–H and O–H groups in total. The molecule has 17 heavy (non-hydrogen) atoms. The van der Waals surface area contributed by atoms with E-state index in [9.17, 15) is 0 Å². The molecule has 1 saturated heterocycles. The summed E-state index contributed by atoms with van der Waals surface area (Å²) in [6.07, 6.45) is 2.62. The van der Waals surface area contributed by atoms with Crippen molar-refractivity contribution in [3.63, 3.8) is 0 Å². The van der Waals surface area contributed by atoms with Crippen LogP contribution in [0.3, 0.4) is 0 Å². The zero-order valence-corrected chi connectivity index (χ0v) is 10.2. The molecule has 2 rings (SSSR count). The molecule has 2 heterocycles. The van der Waals surface area contributed by atoms with E-state index in [-0.39, 0.29) is 5.60 Å². The van der Waals surface area contributed by atoms with Gasteiger partial charge in [-0.3, -0.25) is 0 Å². The molecule has 1 aliphatic heterocycles. The number of rotatable bonds is 5. The number of anilines is 2. The predicted molar refractivity (Wildman–Crippen MR) is 65.2 cm³/mol. The Labute approximate surface area is 101 Å². The van der Waals surface area contributed by atoms with Crippen molar-refractivity contribution in [2.24, 2.45) is 0 Å². The minimum Gasteiger partial charge on any atom is -0.378 e. The maximum absolute atomic E-state index is 5.53. The Morgan fingerprint density at radius 1 is 1.59 bits per heavy atom. The fourth-order valence-electron chi connectivity index (χ4n) is 1.79. The van der Waals surface area contributed by atoms with E-state index in [2.05, 4.69) is 20.6 Å². The molecular formula is C11H18N4O2. The first kappa shape index (κ1) is 12.1. The lowest BCUT2D eigenvalue weighted by Gasteiger charge is -2.26. The molecule has 0 aliphatic carbocycles. The van der Waals surface area contributed by atoms with Gasteiger partial charge >= 0.3 is 0 Å². The molecule has 1 aromatic rings. The predicted octanol–water partition coefficient (Wildman–Crippen LogP) is 0.736. The molecule has 1 fully saturated rings. The van der Waals surface area contributed by atoms with E-state index >= 15 is 0 Å². The molecule has 6 nitrogen and oxygen atoms in total. The van der Waals surface area contributed by atoms with Crippen molar-refractivity contribution in [1.82, 2.24) is 9.97 Å². The van der Waals surface area contributed by atoms with Crippen molar-refractivity contribution in [1.29, 1.82) is 0 Å². The summed E-state index contributed by atoms with van der Waals surface area (Å²) in [7, 11) is 3.51. The van der Waals surface area contributed by atoms with Crippen LogP contribution in [-0.4, -0.2) is 49.5 Å². The Bertz CT molecular complexity index is 366. The highest BCUT2D eigenvalue weighted by Gasteiger charge is 2.34. The smallest absolute Gasteiger partial charge is 0.224 e. The van der Waals surface area contributed by atoms with Crippen molar-refractivity contribution in [3.8, 4) is 0 Å². The highest BCUT2D eigenvalue weighted by atomic mass is 16.5. The average Bonchev–Trinajstić information content (AvgIpc) is 2.86. The minimum atomic E-state index is -0.231. The Kier molecular flexibility index (Phi) is 3.75. The van der Waals surface area contributed by atoms with Gasteiger partial charge in [-0.15, -0.1) is 0 Å². The number of nitrogens with one attached hydrogen (secondary N) is 2. The van der Waals surface area contributed by atoms with E-state index in [1.807, 2.05) is 6.07 Å². The summed E-state index contributed by atoms with van der Waals surface area (Å²) in [5.74, 6) is 1.39. The van der Waals surface area contributed by atoms with E-state index in [4.69, 9.17) is 9.47 Å². The lowest BCUT2D eigenvalue weighted by atomic mass is 10.0. The number of ether oxygens (including phenoxy) is 2. The van der Waals surface area contributed by atoms with Crippen molar-refractivity contribution in [3.05, 3.63) is 12.3 Å². The van der Waals surface area contributed by atoms with Gasteiger partial charge < -0.3 is 20.1 Å². The van der Waals surface area contributed by atoms with Gasteiger partial charge in [0.2, 0.25) is 5.95 Å². The van der Waals surface area contributed by atoms with E-state index < -0.39 is 0 Å². The molecule has 0 aromatic carbocycles. The second kappa shape index (κ2) is 5.29. The van der Waals surface area contributed by atoms with Gasteiger partial charge in [0.15, 0.2) is 0 Å². The molecule has 1 atom stereocenters. The molecule has 94 valence electrons. The first-order valence-electron chi connectivity index (χ1n) is 5.65. The fourth-order valence-corrected chi connectivity index (χ4v) is 1.79. The minimum absolute atomic E-state index is 0.231. The Hall–Kier alpha value is -1.40. The van der Waals surface area contributed by atoms with Crippen LogP contribution < -0.4 is 10.6 Å². The van der Waals surface area contributed by atoms with Crippen LogP contribution >= 0.6 is 0 Å². The largest absolute Gasteiger partial charge is 0.378 e. The van der Waals surface area contributed by atoms with E-state index in [0.29, 0.717) is 19.1 Å². The summed E-state index contributed by atoms with van der Waals surface area (Å²) in [6, 6.07) is 1.83. The van der Waals surface area contributed by atoms with Crippen LogP contribution in [0.1, 0.15) is 6.42 Å². The van der Waals surface area contributed by atoms with Gasteiger partial charge in [-0.1, -0.05) is 0 Å². The lowest BCUT2D eigenvalue weighted by Crippen LogP contribution is -2.39. The van der Waals surface area contributed by atoms with Crippen LogP contribution in [0.25, 0.3) is 0 Å². The number of methoxy groups -OCH3 is 1. The van der Waals surface area contributed by atoms with Crippen LogP contribution in [0.15, 0.2) is 12.3 Å². The molecule has 0 radical (unpaired) electrons. The molecule has 0 spiro atoms. The average molecular weight is 238 g/mol. The third-order valence-electron chi connectivity index (χ3n) is 2.97. The summed E-state index contributed by atoms with van der Waals surface area (Å²) in [5.41, 5.74) is -0.231. The standard InChI is InChI=1S/C11H18N4O2/c1-12-10-13-5-3-9(15-10)14-7-11(16-2)4-6-17-8-11/h3,5H,4,6-8H2,1-2H3,(H2,12,13,14,15). The molecule has 1 unspecified atom stereocenters. The van der Waals surface area contributed by atoms with Gasteiger partial charge in [0.05, 0.1) is 6.61 Å². The monoisotopic (exact) mass is 238 g/mol. The summed E-state index contributed by atoms with van der Waals surface area (Å²) in [5, 5.41) is 6.16. The quantitative estimate of drug-likeness (QED) is 0.788. The summed E-state index contributed by atoms with van der Waals surface area (Å²) >= 11 is 0. The molecule has 0 bridgehead atoms. The van der Waals surface area contributed by atoms with E-state index in [1.165, 1.54) is 0 Å². The molecule has 1 aromatic heterocycles. The van der Waals surface area contributed by atoms with Gasteiger partial charge in [-0.2, -0.15) is 4.98 Å². The number of nitrogens with zero attached hydrogens (tertiary/aromatic N) is 2. The first-order chi connectivity index (χ1) is 8.28. The summed E-state index contributed by atoms with van der Waals surface area (Å²) < 4.78 is 10.9. The third kappa shape index (κ3) is 2.83. The molecule has 0 saturated carbocycles. The SMILES string of the molecule is CNc1nccc(NCC2(OC)CCOC2)n1. The second-order valence-corrected chi connectivity index (χ2v) is 4.06. The van der Waals surface area contributed by atoms with Crippen LogP contribution in [0.5, 0.6) is 0 Å². The zero-order valence-electron chi connectivity index (χ0n) is 10.2. The maximum atomic E-state index is 5.53. The Balaban J connectivity index is 1.96. The van der Waals surface area contributed by atoms with Gasteiger partial charge in [0, 0.05) is 39.9 Å². The summed E-state index contributed by atoms with van der Waals surface area (Å²) in [4.78, 5) is 8.34. The highest BCUT2D eigenvalue weighted by Crippen LogP contribution is 2.22. The number of aromatic nitrogens is 2. The first-order valence-corrected chi connectivity index (χ1v) is 5.65. The van der Waals surface area contributed by atoms with E-state index in [0.717, 1.165) is 18.8 Å². The lowest BCUT2D eigenvalue weighted by molar-refractivity contribution is -0.00625. The van der Waals surface area contributed by atoms with Crippen LogP contribution in [0, 0.1) is 0 Å². The Morgan fingerprint density at radius 3 is 3.12 bits per heavy atom. The molecule has 6 heteroatoms. The number of hydrogen-bond acceptors (Lipinski definition) is 6. The zero-order chi connectivity index (χ0) is 12.1. The fraction of sp³-hybridized carbons (Fsp3) is 0.636. The van der Waals surface area contributed by atoms with Crippen molar-refractivity contribution < 1.29 is 9.47 Å². The van der Waals surface area contributed by atoms with Crippen molar-refractivity contribution in [2.45, 2.75) is 12.0 Å².